The Morgan fingerprint density at radius 1 is 1.39 bits per heavy atom. The van der Waals surface area contributed by atoms with Crippen LogP contribution < -0.4 is 16.6 Å². The minimum absolute atomic E-state index is 0.549. The Morgan fingerprint density at radius 2 is 2.00 bits per heavy atom. The Kier molecular flexibility index (Phi) is 7.71. The van der Waals surface area contributed by atoms with Crippen molar-refractivity contribution in [2.75, 3.05) is 12.8 Å². The number of aryl methyl sites for hydroxylation is 1. The van der Waals surface area contributed by atoms with E-state index in [1.54, 1.807) is 7.05 Å². The van der Waals surface area contributed by atoms with Crippen molar-refractivity contribution >= 4 is 11.7 Å². The lowest BCUT2D eigenvalue weighted by molar-refractivity contribution is 0.758. The number of hydrazine groups is 1. The molecule has 0 aromatic carbocycles. The molecular formula is C13H25N5. The lowest BCUT2D eigenvalue weighted by Crippen LogP contribution is -2.32. The predicted molar refractivity (Wildman–Crippen MR) is 78.5 cm³/mol. The molecule has 0 aliphatic heterocycles. The van der Waals surface area contributed by atoms with Crippen molar-refractivity contribution in [3.05, 3.63) is 22.9 Å². The molecule has 1 aromatic heterocycles. The molecule has 0 amide bonds. The summed E-state index contributed by atoms with van der Waals surface area (Å²) in [6.07, 6.45) is 0. The summed E-state index contributed by atoms with van der Waals surface area (Å²) < 4.78 is 0. The van der Waals surface area contributed by atoms with Crippen molar-refractivity contribution in [2.45, 2.75) is 41.2 Å². The summed E-state index contributed by atoms with van der Waals surface area (Å²) in [5, 5.41) is 0. The van der Waals surface area contributed by atoms with Crippen LogP contribution in [0.4, 0.5) is 5.82 Å². The van der Waals surface area contributed by atoms with E-state index in [1.165, 1.54) is 0 Å². The van der Waals surface area contributed by atoms with E-state index in [1.807, 2.05) is 40.7 Å². The van der Waals surface area contributed by atoms with Crippen LogP contribution in [0.25, 0.3) is 0 Å². The summed E-state index contributed by atoms with van der Waals surface area (Å²) in [5.41, 5.74) is 14.7. The van der Waals surface area contributed by atoms with Gasteiger partial charge in [-0.2, -0.15) is 0 Å². The van der Waals surface area contributed by atoms with Crippen molar-refractivity contribution in [3.8, 4) is 0 Å². The Morgan fingerprint density at radius 3 is 2.56 bits per heavy atom. The van der Waals surface area contributed by atoms with Gasteiger partial charge in [-0.15, -0.1) is 0 Å². The van der Waals surface area contributed by atoms with Crippen molar-refractivity contribution in [1.82, 2.24) is 15.8 Å². The predicted octanol–water partition coefficient (Wildman–Crippen LogP) is 1.95. The Bertz CT molecular complexity index is 399. The highest BCUT2D eigenvalue weighted by Crippen LogP contribution is 2.15. The molecule has 0 aliphatic carbocycles. The van der Waals surface area contributed by atoms with Crippen LogP contribution in [0.1, 0.15) is 37.6 Å². The second-order valence-corrected chi connectivity index (χ2v) is 3.69. The minimum atomic E-state index is 0.549. The van der Waals surface area contributed by atoms with E-state index in [4.69, 9.17) is 5.73 Å². The molecule has 5 heteroatoms. The van der Waals surface area contributed by atoms with Crippen LogP contribution in [0.2, 0.25) is 0 Å². The highest BCUT2D eigenvalue weighted by atomic mass is 15.4. The first kappa shape index (κ1) is 16.4. The lowest BCUT2D eigenvalue weighted by Gasteiger charge is -2.08. The first-order valence-electron chi connectivity index (χ1n) is 6.21. The molecule has 0 fully saturated rings. The molecule has 0 saturated carbocycles. The zero-order valence-corrected chi connectivity index (χ0v) is 12.3. The van der Waals surface area contributed by atoms with Gasteiger partial charge in [-0.3, -0.25) is 4.99 Å². The molecule has 0 atom stereocenters. The summed E-state index contributed by atoms with van der Waals surface area (Å²) in [7, 11) is 1.80. The Hall–Kier alpha value is -1.62. The van der Waals surface area contributed by atoms with Crippen molar-refractivity contribution in [1.29, 1.82) is 0 Å². The molecule has 0 spiro atoms. The van der Waals surface area contributed by atoms with E-state index in [0.717, 1.165) is 22.7 Å². The summed E-state index contributed by atoms with van der Waals surface area (Å²) >= 11 is 0. The molecule has 0 unspecified atom stereocenters. The van der Waals surface area contributed by atoms with Crippen LogP contribution in [0, 0.1) is 13.8 Å². The highest BCUT2D eigenvalue weighted by Gasteiger charge is 2.03. The monoisotopic (exact) mass is 251 g/mol. The molecule has 4 N–H and O–H groups in total. The van der Waals surface area contributed by atoms with Gasteiger partial charge < -0.3 is 11.2 Å². The number of pyridine rings is 1. The molecule has 1 aromatic rings. The SMILES string of the molecule is CC.CNNC(C)=NCc1cc(N)nc(C)c1C. The van der Waals surface area contributed by atoms with Gasteiger partial charge in [0.2, 0.25) is 0 Å². The number of rotatable bonds is 3. The number of amidine groups is 1. The van der Waals surface area contributed by atoms with E-state index < -0.39 is 0 Å². The standard InChI is InChI=1S/C11H19N5.C2H6/c1-7-8(2)15-11(12)5-10(7)6-14-9(3)16-13-4;1-2/h5,13H,6H2,1-4H3,(H2,12,15)(H,14,16);1-2H3. The summed E-state index contributed by atoms with van der Waals surface area (Å²) in [6, 6.07) is 1.87. The van der Waals surface area contributed by atoms with Gasteiger partial charge in [0.15, 0.2) is 0 Å². The third-order valence-electron chi connectivity index (χ3n) is 2.44. The van der Waals surface area contributed by atoms with Gasteiger partial charge >= 0.3 is 0 Å². The van der Waals surface area contributed by atoms with Gasteiger partial charge in [-0.05, 0) is 38.0 Å². The third-order valence-corrected chi connectivity index (χ3v) is 2.44. The van der Waals surface area contributed by atoms with Crippen molar-refractivity contribution < 1.29 is 0 Å². The first-order chi connectivity index (χ1) is 8.54. The van der Waals surface area contributed by atoms with Gasteiger partial charge in [-0.25, -0.2) is 10.4 Å². The van der Waals surface area contributed by atoms with Gasteiger partial charge in [-0.1, -0.05) is 13.8 Å². The summed E-state index contributed by atoms with van der Waals surface area (Å²) in [4.78, 5) is 8.59. The number of nitrogens with one attached hydrogen (secondary N) is 2. The Labute approximate surface area is 110 Å². The maximum absolute atomic E-state index is 5.71. The van der Waals surface area contributed by atoms with Gasteiger partial charge in [0.05, 0.1) is 6.54 Å². The van der Waals surface area contributed by atoms with Crippen LogP contribution in [0.15, 0.2) is 11.1 Å². The number of hydrogen-bond acceptors (Lipinski definition) is 4. The minimum Gasteiger partial charge on any atom is -0.384 e. The molecule has 102 valence electrons. The number of aromatic nitrogens is 1. The number of nitrogens with zero attached hydrogens (tertiary/aromatic N) is 2. The topological polar surface area (TPSA) is 75.3 Å². The van der Waals surface area contributed by atoms with E-state index in [0.29, 0.717) is 12.4 Å². The van der Waals surface area contributed by atoms with E-state index in [-0.39, 0.29) is 0 Å². The second-order valence-electron chi connectivity index (χ2n) is 3.69. The van der Waals surface area contributed by atoms with Crippen molar-refractivity contribution in [3.63, 3.8) is 0 Å². The molecule has 1 heterocycles. The van der Waals surface area contributed by atoms with Crippen LogP contribution in [-0.4, -0.2) is 17.9 Å². The molecule has 5 nitrogen and oxygen atoms in total. The number of anilines is 1. The first-order valence-corrected chi connectivity index (χ1v) is 6.21. The smallest absolute Gasteiger partial charge is 0.123 e. The number of aliphatic imine (C=N–C) groups is 1. The highest BCUT2D eigenvalue weighted by molar-refractivity contribution is 5.78. The van der Waals surface area contributed by atoms with Crippen LogP contribution >= 0.6 is 0 Å². The van der Waals surface area contributed by atoms with Crippen LogP contribution in [0.5, 0.6) is 0 Å². The fraction of sp³-hybridized carbons (Fsp3) is 0.538. The fourth-order valence-corrected chi connectivity index (χ4v) is 1.42. The van der Waals surface area contributed by atoms with Gasteiger partial charge in [0.25, 0.3) is 0 Å². The lowest BCUT2D eigenvalue weighted by atomic mass is 10.1. The van der Waals surface area contributed by atoms with E-state index >= 15 is 0 Å². The largest absolute Gasteiger partial charge is 0.384 e. The maximum Gasteiger partial charge on any atom is 0.123 e. The average Bonchev–Trinajstić information content (AvgIpc) is 2.35. The molecule has 1 rings (SSSR count). The molecule has 18 heavy (non-hydrogen) atoms. The van der Waals surface area contributed by atoms with Gasteiger partial charge in [0, 0.05) is 12.7 Å². The van der Waals surface area contributed by atoms with Crippen LogP contribution in [-0.2, 0) is 6.54 Å². The zero-order valence-electron chi connectivity index (χ0n) is 12.3. The molecule has 0 aliphatic rings. The maximum atomic E-state index is 5.71. The molecule has 0 radical (unpaired) electrons. The summed E-state index contributed by atoms with van der Waals surface area (Å²) in [6.45, 7) is 10.5. The Balaban J connectivity index is 0.00000137. The quantitative estimate of drug-likeness (QED) is 0.436. The van der Waals surface area contributed by atoms with E-state index in [2.05, 4.69) is 20.8 Å². The fourth-order valence-electron chi connectivity index (χ4n) is 1.42. The number of nitrogens with two attached hydrogens (primary N) is 1. The summed E-state index contributed by atoms with van der Waals surface area (Å²) in [5.74, 6) is 1.39. The average molecular weight is 251 g/mol. The van der Waals surface area contributed by atoms with Gasteiger partial charge in [0.1, 0.15) is 11.7 Å². The zero-order chi connectivity index (χ0) is 14.1. The number of hydrogen-bond donors (Lipinski definition) is 3. The number of nitrogen functional groups attached to an aromatic ring is 1. The molecule has 0 bridgehead atoms. The second kappa shape index (κ2) is 8.47. The van der Waals surface area contributed by atoms with Crippen molar-refractivity contribution in [2.24, 2.45) is 4.99 Å². The molecular weight excluding hydrogens is 226 g/mol. The normalized spacial score (nSPS) is 10.7. The van der Waals surface area contributed by atoms with E-state index in [9.17, 15) is 0 Å². The molecule has 0 saturated heterocycles. The van der Waals surface area contributed by atoms with Crippen LogP contribution in [0.3, 0.4) is 0 Å². The third kappa shape index (κ3) is 5.14.